The third kappa shape index (κ3) is 23.6. The summed E-state index contributed by atoms with van der Waals surface area (Å²) in [6.45, 7) is 7.63. The van der Waals surface area contributed by atoms with E-state index in [1.54, 1.807) is 28.4 Å². The number of rotatable bonds is 40. The summed E-state index contributed by atoms with van der Waals surface area (Å²) in [6.07, 6.45) is 17.1. The molecule has 2 heterocycles. The van der Waals surface area contributed by atoms with Crippen molar-refractivity contribution in [3.8, 4) is 0 Å². The molecule has 0 saturated carbocycles. The first-order valence-corrected chi connectivity index (χ1v) is 26.2. The summed E-state index contributed by atoms with van der Waals surface area (Å²) < 4.78 is 53.6. The highest BCUT2D eigenvalue weighted by Crippen LogP contribution is 2.35. The molecule has 4 unspecified atom stereocenters. The summed E-state index contributed by atoms with van der Waals surface area (Å²) in [7, 11) is 9.29. The Morgan fingerprint density at radius 3 is 1.46 bits per heavy atom. The fourth-order valence-corrected chi connectivity index (χ4v) is 9.23. The van der Waals surface area contributed by atoms with Gasteiger partial charge >= 0.3 is 0 Å². The topological polar surface area (TPSA) is 199 Å². The molecule has 17 heteroatoms. The number of unbranched alkanes of at least 4 members (excludes halogenated alkanes) is 18. The number of nitrogens with one attached hydrogen (secondary N) is 4. The van der Waals surface area contributed by atoms with Gasteiger partial charge in [-0.15, -0.1) is 0 Å². The van der Waals surface area contributed by atoms with Crippen LogP contribution in [0.5, 0.6) is 0 Å². The van der Waals surface area contributed by atoms with Gasteiger partial charge in [0.05, 0.1) is 25.2 Å². The molecule has 2 fully saturated rings. The second kappa shape index (κ2) is 38.2. The van der Waals surface area contributed by atoms with Gasteiger partial charge in [0.1, 0.15) is 36.6 Å². The van der Waals surface area contributed by atoms with Crippen LogP contribution in [0.1, 0.15) is 168 Å². The van der Waals surface area contributed by atoms with Crippen molar-refractivity contribution in [1.29, 1.82) is 0 Å². The van der Waals surface area contributed by atoms with Crippen LogP contribution in [0.25, 0.3) is 0 Å². The van der Waals surface area contributed by atoms with Crippen molar-refractivity contribution in [3.05, 3.63) is 0 Å². The Bertz CT molecular complexity index is 1330. The maximum atomic E-state index is 13.4. The van der Waals surface area contributed by atoms with Crippen molar-refractivity contribution in [2.45, 2.75) is 230 Å². The van der Waals surface area contributed by atoms with E-state index in [1.807, 2.05) is 6.92 Å². The molecule has 0 radical (unpaired) electrons. The van der Waals surface area contributed by atoms with Gasteiger partial charge in [-0.1, -0.05) is 136 Å². The molecule has 17 nitrogen and oxygen atoms in total. The first-order chi connectivity index (χ1) is 33.0. The number of carbonyl (C=O) groups is 4. The molecule has 68 heavy (non-hydrogen) atoms. The zero-order valence-corrected chi connectivity index (χ0v) is 43.7. The molecule has 2 aliphatic rings. The van der Waals surface area contributed by atoms with Gasteiger partial charge < -0.3 is 63.9 Å². The van der Waals surface area contributed by atoms with Gasteiger partial charge in [-0.3, -0.25) is 19.2 Å². The van der Waals surface area contributed by atoms with Crippen molar-refractivity contribution >= 4 is 23.6 Å². The number of methoxy groups -OCH3 is 6. The van der Waals surface area contributed by atoms with Gasteiger partial charge in [-0.05, 0) is 12.8 Å². The zero-order valence-electron chi connectivity index (χ0n) is 43.7. The van der Waals surface area contributed by atoms with Gasteiger partial charge in [0, 0.05) is 81.1 Å². The smallest absolute Gasteiger partial charge is 0.243 e. The lowest BCUT2D eigenvalue weighted by atomic mass is 9.89. The molecule has 0 aromatic carbocycles. The Labute approximate surface area is 410 Å². The molecule has 0 bridgehead atoms. The molecule has 2 saturated heterocycles. The molecular formula is C51H96N4O13. The molecule has 2 aliphatic heterocycles. The third-order valence-electron chi connectivity index (χ3n) is 13.3. The van der Waals surface area contributed by atoms with Gasteiger partial charge in [-0.25, -0.2) is 0 Å². The zero-order chi connectivity index (χ0) is 49.9. The number of amides is 4. The van der Waals surface area contributed by atoms with Crippen molar-refractivity contribution in [2.24, 2.45) is 5.92 Å². The highest BCUT2D eigenvalue weighted by molar-refractivity contribution is 5.92. The fraction of sp³-hybridized carbons (Fsp3) is 0.922. The Morgan fingerprint density at radius 2 is 0.956 bits per heavy atom. The largest absolute Gasteiger partial charge is 0.382 e. The third-order valence-corrected chi connectivity index (χ3v) is 13.3. The van der Waals surface area contributed by atoms with Crippen LogP contribution in [0.4, 0.5) is 0 Å². The van der Waals surface area contributed by atoms with E-state index < -0.39 is 73.2 Å². The molecule has 4 N–H and O–H groups in total. The first kappa shape index (κ1) is 61.6. The summed E-state index contributed by atoms with van der Waals surface area (Å²) in [5.41, 5.74) is 0. The molecule has 0 aromatic rings. The fourth-order valence-electron chi connectivity index (χ4n) is 9.23. The number of hydrogen-bond acceptors (Lipinski definition) is 13. The lowest BCUT2D eigenvalue weighted by molar-refractivity contribution is -0.358. The van der Waals surface area contributed by atoms with E-state index in [0.29, 0.717) is 13.1 Å². The lowest BCUT2D eigenvalue weighted by Crippen LogP contribution is -2.65. The van der Waals surface area contributed by atoms with E-state index in [1.165, 1.54) is 104 Å². The second-order valence-corrected chi connectivity index (χ2v) is 18.7. The van der Waals surface area contributed by atoms with Crippen LogP contribution < -0.4 is 21.3 Å². The van der Waals surface area contributed by atoms with E-state index in [0.717, 1.165) is 38.5 Å². The summed E-state index contributed by atoms with van der Waals surface area (Å²) in [5.74, 6) is -1.84. The molecule has 2 rings (SSSR count). The second-order valence-electron chi connectivity index (χ2n) is 18.7. The average Bonchev–Trinajstić information content (AvgIpc) is 3.33. The lowest BCUT2D eigenvalue weighted by Gasteiger charge is -2.49. The predicted octanol–water partition coefficient (Wildman–Crippen LogP) is 6.66. The standard InChI is InChI=1S/C51H96N4O13/c1-10-12-14-16-18-20-22-24-26-28-32-52-43(58)34-38(49(59)53-33-29-27-25-23-21-19-17-15-13-11-2)55-42(57)31-30-41(56)54-35-39-37(3)44(61-5)47(63-7)51(66-39)68-45-40(36-60-4)67-50(65-9)48(64-8)46(45)62-6/h37-40,44-48,50-51H,10-36H2,1-9H3,(H,52,58)(H,53,59)(H,54,56)(H,55,57)/t37-,38-,39?,40?,44-,45-,46-,47?,48?,50+,51-/m0/s1. The van der Waals surface area contributed by atoms with Crippen molar-refractivity contribution in [2.75, 3.05) is 68.9 Å². The van der Waals surface area contributed by atoms with Crippen molar-refractivity contribution in [3.63, 3.8) is 0 Å². The van der Waals surface area contributed by atoms with Gasteiger partial charge in [-0.2, -0.15) is 0 Å². The number of ether oxygens (including phenoxy) is 9. The molecule has 0 aromatic heterocycles. The minimum Gasteiger partial charge on any atom is -0.382 e. The summed E-state index contributed by atoms with van der Waals surface area (Å²) in [6, 6.07) is -1.06. The minimum atomic E-state index is -1.06. The predicted molar refractivity (Wildman–Crippen MR) is 262 cm³/mol. The van der Waals surface area contributed by atoms with Crippen molar-refractivity contribution < 1.29 is 61.8 Å². The normalized spacial score (nSPS) is 25.4. The van der Waals surface area contributed by atoms with E-state index in [9.17, 15) is 19.2 Å². The maximum absolute atomic E-state index is 13.4. The van der Waals surface area contributed by atoms with E-state index in [2.05, 4.69) is 35.1 Å². The summed E-state index contributed by atoms with van der Waals surface area (Å²) in [4.78, 5) is 53.0. The van der Waals surface area contributed by atoms with E-state index in [-0.39, 0.29) is 50.1 Å². The number of carbonyl (C=O) groups excluding carboxylic acids is 4. The van der Waals surface area contributed by atoms with Gasteiger partial charge in [0.25, 0.3) is 0 Å². The Balaban J connectivity index is 1.97. The summed E-state index contributed by atoms with van der Waals surface area (Å²) in [5, 5.41) is 11.5. The van der Waals surface area contributed by atoms with E-state index in [4.69, 9.17) is 42.6 Å². The molecular weight excluding hydrogens is 877 g/mol. The molecule has 0 spiro atoms. The Kier molecular flexibility index (Phi) is 34.7. The highest BCUT2D eigenvalue weighted by Gasteiger charge is 2.52. The van der Waals surface area contributed by atoms with Gasteiger partial charge in [0.15, 0.2) is 12.6 Å². The van der Waals surface area contributed by atoms with Crippen LogP contribution >= 0.6 is 0 Å². The van der Waals surface area contributed by atoms with E-state index >= 15 is 0 Å². The Morgan fingerprint density at radius 1 is 0.485 bits per heavy atom. The van der Waals surface area contributed by atoms with Crippen LogP contribution in [0.3, 0.4) is 0 Å². The van der Waals surface area contributed by atoms with Crippen LogP contribution in [-0.2, 0) is 61.8 Å². The SMILES string of the molecule is CCCCCCCCCCCCNC(=O)C[C@H](NC(=O)CCC(=O)NCC1O[C@@H](O[C@H]2C(COC)O[C@@H](OC)C(OC)[C@H]2OC)C(OC)[C@@H](OC)[C@H]1C)C(=O)NCCCCCCCCCCCC. The monoisotopic (exact) mass is 973 g/mol. The molecule has 4 amide bonds. The average molecular weight is 973 g/mol. The van der Waals surface area contributed by atoms with Crippen LogP contribution in [-0.4, -0.2) is 154 Å². The highest BCUT2D eigenvalue weighted by atomic mass is 16.8. The quantitative estimate of drug-likeness (QED) is 0.0476. The number of hydrogen-bond donors (Lipinski definition) is 4. The van der Waals surface area contributed by atoms with Crippen LogP contribution in [0, 0.1) is 5.92 Å². The minimum absolute atomic E-state index is 0.0871. The van der Waals surface area contributed by atoms with Crippen LogP contribution in [0.15, 0.2) is 0 Å². The summed E-state index contributed by atoms with van der Waals surface area (Å²) >= 11 is 0. The molecule has 11 atom stereocenters. The Hall–Kier alpha value is -2.48. The van der Waals surface area contributed by atoms with Crippen molar-refractivity contribution in [1.82, 2.24) is 21.3 Å². The molecule has 398 valence electrons. The molecule has 0 aliphatic carbocycles. The van der Waals surface area contributed by atoms with Gasteiger partial charge in [0.2, 0.25) is 23.6 Å². The van der Waals surface area contributed by atoms with Crippen LogP contribution in [0.2, 0.25) is 0 Å². The first-order valence-electron chi connectivity index (χ1n) is 26.2. The maximum Gasteiger partial charge on any atom is 0.243 e.